The molecule has 3 aromatic carbocycles. The second kappa shape index (κ2) is 9.93. The zero-order chi connectivity index (χ0) is 23.4. The first-order valence-electron chi connectivity index (χ1n) is 9.94. The molecule has 0 aliphatic rings. The van der Waals surface area contributed by atoms with E-state index in [9.17, 15) is 9.59 Å². The lowest BCUT2D eigenvalue weighted by atomic mass is 10.2. The fourth-order valence-corrected chi connectivity index (χ4v) is 4.71. The summed E-state index contributed by atoms with van der Waals surface area (Å²) in [4.78, 5) is 30.0. The minimum atomic E-state index is -0.620. The quantitative estimate of drug-likeness (QED) is 0.358. The minimum absolute atomic E-state index is 0.281. The molecule has 0 aliphatic heterocycles. The molecule has 0 aliphatic carbocycles. The van der Waals surface area contributed by atoms with Crippen LogP contribution in [0, 0.1) is 6.92 Å². The van der Waals surface area contributed by atoms with Gasteiger partial charge in [0, 0.05) is 16.0 Å². The summed E-state index contributed by atoms with van der Waals surface area (Å²) in [6.07, 6.45) is 0. The topological polar surface area (TPSA) is 89.5 Å². The van der Waals surface area contributed by atoms with Gasteiger partial charge in [0.1, 0.15) is 5.01 Å². The SMILES string of the molecule is COc1ccc(C(=O)NC(=O)NSc2ccc(-c3nc4ccc(C)cc4s3)cc2)cc1OC. The average molecular weight is 480 g/mol. The van der Waals surface area contributed by atoms with Crippen molar-refractivity contribution in [2.24, 2.45) is 0 Å². The molecule has 0 unspecified atom stereocenters. The summed E-state index contributed by atoms with van der Waals surface area (Å²) in [5, 5.41) is 3.24. The Bertz CT molecular complexity index is 1320. The number of fused-ring (bicyclic) bond motifs is 1. The van der Waals surface area contributed by atoms with Crippen molar-refractivity contribution in [1.82, 2.24) is 15.0 Å². The molecule has 0 saturated carbocycles. The molecule has 168 valence electrons. The van der Waals surface area contributed by atoms with Gasteiger partial charge in [-0.1, -0.05) is 18.2 Å². The molecule has 0 bridgehead atoms. The van der Waals surface area contributed by atoms with Gasteiger partial charge in [-0.15, -0.1) is 11.3 Å². The molecule has 0 atom stereocenters. The van der Waals surface area contributed by atoms with Crippen molar-refractivity contribution in [2.75, 3.05) is 14.2 Å². The lowest BCUT2D eigenvalue weighted by Gasteiger charge is -2.10. The summed E-state index contributed by atoms with van der Waals surface area (Å²) in [7, 11) is 2.99. The van der Waals surface area contributed by atoms with Crippen molar-refractivity contribution in [3.05, 3.63) is 71.8 Å². The van der Waals surface area contributed by atoms with E-state index >= 15 is 0 Å². The number of urea groups is 1. The van der Waals surface area contributed by atoms with Gasteiger partial charge in [-0.3, -0.25) is 14.8 Å². The van der Waals surface area contributed by atoms with Crippen LogP contribution >= 0.6 is 23.3 Å². The monoisotopic (exact) mass is 479 g/mol. The maximum Gasteiger partial charge on any atom is 0.331 e. The van der Waals surface area contributed by atoms with E-state index in [0.717, 1.165) is 37.6 Å². The van der Waals surface area contributed by atoms with Gasteiger partial charge in [0.2, 0.25) is 0 Å². The number of nitrogens with one attached hydrogen (secondary N) is 2. The van der Waals surface area contributed by atoms with Crippen LogP contribution in [0.4, 0.5) is 4.79 Å². The van der Waals surface area contributed by atoms with Gasteiger partial charge < -0.3 is 9.47 Å². The predicted molar refractivity (Wildman–Crippen MR) is 131 cm³/mol. The number of carbonyl (C=O) groups is 2. The second-order valence-electron chi connectivity index (χ2n) is 7.07. The van der Waals surface area contributed by atoms with Gasteiger partial charge in [-0.25, -0.2) is 9.78 Å². The first kappa shape index (κ1) is 22.6. The zero-order valence-corrected chi connectivity index (χ0v) is 19.8. The Morgan fingerprint density at radius 3 is 2.42 bits per heavy atom. The van der Waals surface area contributed by atoms with Gasteiger partial charge in [-0.05, 0) is 66.9 Å². The van der Waals surface area contributed by atoms with E-state index in [0.29, 0.717) is 11.5 Å². The highest BCUT2D eigenvalue weighted by atomic mass is 32.2. The van der Waals surface area contributed by atoms with E-state index < -0.39 is 11.9 Å². The third-order valence-corrected chi connectivity index (χ3v) is 6.64. The van der Waals surface area contributed by atoms with Crippen molar-refractivity contribution in [3.63, 3.8) is 0 Å². The van der Waals surface area contributed by atoms with Gasteiger partial charge in [-0.2, -0.15) is 0 Å². The van der Waals surface area contributed by atoms with Crippen LogP contribution < -0.4 is 19.5 Å². The Labute approximate surface area is 199 Å². The molecule has 7 nitrogen and oxygen atoms in total. The first-order chi connectivity index (χ1) is 16.0. The van der Waals surface area contributed by atoms with Crippen LogP contribution in [0.25, 0.3) is 20.8 Å². The third kappa shape index (κ3) is 5.27. The number of amides is 3. The highest BCUT2D eigenvalue weighted by Crippen LogP contribution is 2.31. The maximum atomic E-state index is 12.3. The number of nitrogens with zero attached hydrogens (tertiary/aromatic N) is 1. The second-order valence-corrected chi connectivity index (χ2v) is 8.98. The van der Waals surface area contributed by atoms with E-state index in [1.54, 1.807) is 23.5 Å². The number of carbonyl (C=O) groups excluding carboxylic acids is 2. The van der Waals surface area contributed by atoms with Crippen molar-refractivity contribution < 1.29 is 19.1 Å². The number of aryl methyl sites for hydroxylation is 1. The molecule has 1 aromatic heterocycles. The molecule has 1 heterocycles. The van der Waals surface area contributed by atoms with E-state index in [1.165, 1.54) is 25.8 Å². The number of aromatic nitrogens is 1. The fourth-order valence-electron chi connectivity index (χ4n) is 3.10. The smallest absolute Gasteiger partial charge is 0.331 e. The number of thiazole rings is 1. The summed E-state index contributed by atoms with van der Waals surface area (Å²) in [5.41, 5.74) is 3.48. The molecular weight excluding hydrogens is 458 g/mol. The molecule has 0 fully saturated rings. The molecule has 3 amide bonds. The Morgan fingerprint density at radius 2 is 1.70 bits per heavy atom. The van der Waals surface area contributed by atoms with Crippen LogP contribution in [-0.4, -0.2) is 31.1 Å². The van der Waals surface area contributed by atoms with Gasteiger partial charge >= 0.3 is 6.03 Å². The van der Waals surface area contributed by atoms with Gasteiger partial charge in [0.15, 0.2) is 11.5 Å². The standard InChI is InChI=1S/C24H21N3O4S2/c1-14-4-10-18-21(12-14)32-23(25-18)15-5-8-17(9-6-15)33-27-24(29)26-22(28)16-7-11-19(30-2)20(13-16)31-3/h4-13H,1-3H3,(H2,26,27,28,29). The number of hydrogen-bond acceptors (Lipinski definition) is 7. The first-order valence-corrected chi connectivity index (χ1v) is 11.6. The molecular formula is C24H21N3O4S2. The van der Waals surface area contributed by atoms with E-state index in [-0.39, 0.29) is 5.56 Å². The predicted octanol–water partition coefficient (Wildman–Crippen LogP) is 5.44. The third-order valence-electron chi connectivity index (χ3n) is 4.78. The van der Waals surface area contributed by atoms with Crippen molar-refractivity contribution in [3.8, 4) is 22.1 Å². The molecule has 9 heteroatoms. The molecule has 0 spiro atoms. The number of imide groups is 1. The van der Waals surface area contributed by atoms with Crippen molar-refractivity contribution >= 4 is 45.4 Å². The van der Waals surface area contributed by atoms with Gasteiger partial charge in [0.05, 0.1) is 24.4 Å². The van der Waals surface area contributed by atoms with Crippen molar-refractivity contribution in [2.45, 2.75) is 11.8 Å². The van der Waals surface area contributed by atoms with Crippen LogP contribution in [0.3, 0.4) is 0 Å². The summed E-state index contributed by atoms with van der Waals surface area (Å²) >= 11 is 2.76. The highest BCUT2D eigenvalue weighted by Gasteiger charge is 2.14. The zero-order valence-electron chi connectivity index (χ0n) is 18.2. The van der Waals surface area contributed by atoms with Crippen LogP contribution in [0.2, 0.25) is 0 Å². The lowest BCUT2D eigenvalue weighted by Crippen LogP contribution is -2.36. The summed E-state index contributed by atoms with van der Waals surface area (Å²) in [5.74, 6) is 0.359. The van der Waals surface area contributed by atoms with E-state index in [1.807, 2.05) is 30.3 Å². The van der Waals surface area contributed by atoms with Gasteiger partial charge in [0.25, 0.3) is 5.91 Å². The molecule has 4 rings (SSSR count). The summed E-state index contributed by atoms with van der Waals surface area (Å²) in [6.45, 7) is 2.06. The Kier molecular flexibility index (Phi) is 6.81. The molecule has 2 N–H and O–H groups in total. The number of rotatable bonds is 6. The molecule has 0 saturated heterocycles. The summed E-state index contributed by atoms with van der Waals surface area (Å²) < 4.78 is 14.1. The van der Waals surface area contributed by atoms with Crippen LogP contribution in [0.5, 0.6) is 11.5 Å². The highest BCUT2D eigenvalue weighted by molar-refractivity contribution is 7.98. The fraction of sp³-hybridized carbons (Fsp3) is 0.125. The number of methoxy groups -OCH3 is 2. The number of benzene rings is 3. The van der Waals surface area contributed by atoms with Crippen LogP contribution in [0.15, 0.2) is 65.6 Å². The number of hydrogen-bond donors (Lipinski definition) is 2. The molecule has 33 heavy (non-hydrogen) atoms. The lowest BCUT2D eigenvalue weighted by molar-refractivity contribution is 0.0965. The van der Waals surface area contributed by atoms with Crippen LogP contribution in [0.1, 0.15) is 15.9 Å². The van der Waals surface area contributed by atoms with E-state index in [4.69, 9.17) is 14.5 Å². The largest absolute Gasteiger partial charge is 0.493 e. The Hall–Kier alpha value is -3.56. The maximum absolute atomic E-state index is 12.3. The Morgan fingerprint density at radius 1 is 0.939 bits per heavy atom. The summed E-state index contributed by atoms with van der Waals surface area (Å²) in [6, 6.07) is 18.0. The minimum Gasteiger partial charge on any atom is -0.493 e. The normalized spacial score (nSPS) is 10.6. The number of ether oxygens (including phenoxy) is 2. The van der Waals surface area contributed by atoms with E-state index in [2.05, 4.69) is 29.1 Å². The molecule has 0 radical (unpaired) electrons. The molecule has 4 aromatic rings. The average Bonchev–Trinajstić information content (AvgIpc) is 3.25. The van der Waals surface area contributed by atoms with Crippen LogP contribution in [-0.2, 0) is 0 Å². The van der Waals surface area contributed by atoms with Crippen molar-refractivity contribution in [1.29, 1.82) is 0 Å². The Balaban J connectivity index is 1.35.